The molecule has 3 nitrogen and oxygen atoms in total. The van der Waals surface area contributed by atoms with Crippen molar-refractivity contribution >= 4 is 6.29 Å². The Morgan fingerprint density at radius 2 is 2.36 bits per heavy atom. The van der Waals surface area contributed by atoms with Crippen LogP contribution in [0.4, 0.5) is 0 Å². The van der Waals surface area contributed by atoms with E-state index in [2.05, 4.69) is 17.1 Å². The largest absolute Gasteiger partial charge is 0.314 e. The maximum Gasteiger partial charge on any atom is 0.200 e. The number of carbonyl (C=O) groups excluding carboxylic acids is 1. The van der Waals surface area contributed by atoms with E-state index in [1.54, 1.807) is 0 Å². The maximum absolute atomic E-state index is 10.4. The molecule has 0 saturated carbocycles. The van der Waals surface area contributed by atoms with E-state index in [0.29, 0.717) is 12.5 Å². The van der Waals surface area contributed by atoms with Crippen LogP contribution in [0, 0.1) is 0 Å². The highest BCUT2D eigenvalue weighted by molar-refractivity contribution is 5.51. The normalized spacial score (nSPS) is 23.6. The highest BCUT2D eigenvalue weighted by atomic mass is 16.1. The molecule has 1 aliphatic heterocycles. The second-order valence-electron chi connectivity index (χ2n) is 3.95. The lowest BCUT2D eigenvalue weighted by atomic mass is 10.1. The lowest BCUT2D eigenvalue weighted by Crippen LogP contribution is -2.51. The van der Waals surface area contributed by atoms with E-state index >= 15 is 0 Å². The van der Waals surface area contributed by atoms with Crippen LogP contribution in [0.3, 0.4) is 0 Å². The summed E-state index contributed by atoms with van der Waals surface area (Å²) < 4.78 is 0. The van der Waals surface area contributed by atoms with Crippen LogP contribution in [0.15, 0.2) is 0 Å². The van der Waals surface area contributed by atoms with Gasteiger partial charge in [0.15, 0.2) is 6.29 Å². The van der Waals surface area contributed by atoms with Gasteiger partial charge in [-0.15, -0.1) is 0 Å². The molecule has 1 fully saturated rings. The summed E-state index contributed by atoms with van der Waals surface area (Å²) in [6, 6.07) is 0.387. The third-order valence-electron chi connectivity index (χ3n) is 2.84. The molecule has 14 heavy (non-hydrogen) atoms. The minimum Gasteiger partial charge on any atom is -0.314 e. The van der Waals surface area contributed by atoms with Crippen molar-refractivity contribution in [3.05, 3.63) is 0 Å². The van der Waals surface area contributed by atoms with E-state index in [1.165, 1.54) is 19.3 Å². The minimum atomic E-state index is 0.387. The molecule has 1 unspecified atom stereocenters. The van der Waals surface area contributed by atoms with Gasteiger partial charge in [0.05, 0.1) is 0 Å². The van der Waals surface area contributed by atoms with Gasteiger partial charge in [0, 0.05) is 32.1 Å². The number of piperazine rings is 1. The molecule has 1 aliphatic rings. The fourth-order valence-electron chi connectivity index (χ4n) is 1.96. The van der Waals surface area contributed by atoms with E-state index in [4.69, 9.17) is 0 Å². The highest BCUT2D eigenvalue weighted by Crippen LogP contribution is 2.08. The standard InChI is InChI=1S/C11H21N2O/c1-2-3-4-7-13-8-6-12-10-11(13)5-9-14/h11-12H,2-8,10H2,1H3. The summed E-state index contributed by atoms with van der Waals surface area (Å²) in [6.45, 7) is 6.44. The van der Waals surface area contributed by atoms with Crippen LogP contribution in [0.25, 0.3) is 0 Å². The predicted molar refractivity (Wildman–Crippen MR) is 58.1 cm³/mol. The predicted octanol–water partition coefficient (Wildman–Crippen LogP) is 0.950. The van der Waals surface area contributed by atoms with Gasteiger partial charge in [0.2, 0.25) is 0 Å². The summed E-state index contributed by atoms with van der Waals surface area (Å²) in [7, 11) is 0. The van der Waals surface area contributed by atoms with Crippen LogP contribution < -0.4 is 5.32 Å². The zero-order chi connectivity index (χ0) is 10.2. The molecule has 81 valence electrons. The second-order valence-corrected chi connectivity index (χ2v) is 3.95. The van der Waals surface area contributed by atoms with E-state index < -0.39 is 0 Å². The summed E-state index contributed by atoms with van der Waals surface area (Å²) in [4.78, 5) is 12.8. The van der Waals surface area contributed by atoms with Gasteiger partial charge in [-0.2, -0.15) is 0 Å². The molecule has 1 atom stereocenters. The molecule has 0 aromatic rings. The topological polar surface area (TPSA) is 32.3 Å². The van der Waals surface area contributed by atoms with Gasteiger partial charge in [-0.3, -0.25) is 9.69 Å². The van der Waals surface area contributed by atoms with Gasteiger partial charge in [-0.05, 0) is 13.0 Å². The van der Waals surface area contributed by atoms with Gasteiger partial charge >= 0.3 is 0 Å². The Morgan fingerprint density at radius 1 is 1.50 bits per heavy atom. The fraction of sp³-hybridized carbons (Fsp3) is 0.909. The Bertz CT molecular complexity index is 161. The quantitative estimate of drug-likeness (QED) is 0.643. The fourth-order valence-corrected chi connectivity index (χ4v) is 1.96. The molecule has 0 aromatic carbocycles. The highest BCUT2D eigenvalue weighted by Gasteiger charge is 2.20. The van der Waals surface area contributed by atoms with Gasteiger partial charge in [-0.25, -0.2) is 0 Å². The van der Waals surface area contributed by atoms with Crippen molar-refractivity contribution < 1.29 is 4.79 Å². The van der Waals surface area contributed by atoms with Crippen molar-refractivity contribution in [2.45, 2.75) is 38.6 Å². The van der Waals surface area contributed by atoms with Gasteiger partial charge in [-0.1, -0.05) is 19.8 Å². The molecule has 0 amide bonds. The molecule has 1 rings (SSSR count). The van der Waals surface area contributed by atoms with Crippen LogP contribution in [0.2, 0.25) is 0 Å². The van der Waals surface area contributed by atoms with E-state index in [-0.39, 0.29) is 0 Å². The summed E-state index contributed by atoms with van der Waals surface area (Å²) in [6.07, 6.45) is 6.39. The third-order valence-corrected chi connectivity index (χ3v) is 2.84. The lowest BCUT2D eigenvalue weighted by molar-refractivity contribution is 0.162. The monoisotopic (exact) mass is 197 g/mol. The van der Waals surface area contributed by atoms with E-state index in [1.807, 2.05) is 6.29 Å². The Morgan fingerprint density at radius 3 is 3.07 bits per heavy atom. The first-order valence-electron chi connectivity index (χ1n) is 5.68. The van der Waals surface area contributed by atoms with E-state index in [0.717, 1.165) is 26.2 Å². The van der Waals surface area contributed by atoms with Crippen molar-refractivity contribution in [3.63, 3.8) is 0 Å². The number of unbranched alkanes of at least 4 members (excludes halogenated alkanes) is 2. The van der Waals surface area contributed by atoms with Crippen molar-refractivity contribution in [3.8, 4) is 0 Å². The third kappa shape index (κ3) is 3.76. The summed E-state index contributed by atoms with van der Waals surface area (Å²) in [5.74, 6) is 0. The Hall–Kier alpha value is -0.410. The Kier molecular flexibility index (Phi) is 5.80. The van der Waals surface area contributed by atoms with Crippen LogP contribution >= 0.6 is 0 Å². The number of rotatable bonds is 6. The smallest absolute Gasteiger partial charge is 0.200 e. The molecule has 1 N–H and O–H groups in total. The van der Waals surface area contributed by atoms with Gasteiger partial charge in [0.1, 0.15) is 0 Å². The van der Waals surface area contributed by atoms with Gasteiger partial charge < -0.3 is 5.32 Å². The van der Waals surface area contributed by atoms with Crippen molar-refractivity contribution in [1.82, 2.24) is 10.2 Å². The minimum absolute atomic E-state index is 0.387. The summed E-state index contributed by atoms with van der Waals surface area (Å²) >= 11 is 0. The second kappa shape index (κ2) is 6.96. The van der Waals surface area contributed by atoms with Crippen LogP contribution in [-0.2, 0) is 4.79 Å². The maximum atomic E-state index is 10.4. The number of hydrogen-bond acceptors (Lipinski definition) is 3. The zero-order valence-corrected chi connectivity index (χ0v) is 9.09. The molecule has 1 saturated heterocycles. The lowest BCUT2D eigenvalue weighted by Gasteiger charge is -2.35. The van der Waals surface area contributed by atoms with Crippen LogP contribution in [-0.4, -0.2) is 43.4 Å². The summed E-state index contributed by atoms with van der Waals surface area (Å²) in [5.41, 5.74) is 0. The average Bonchev–Trinajstić information content (AvgIpc) is 2.21. The molecule has 1 radical (unpaired) electrons. The molecular weight excluding hydrogens is 176 g/mol. The summed E-state index contributed by atoms with van der Waals surface area (Å²) in [5, 5.41) is 3.32. The first kappa shape index (κ1) is 11.7. The molecule has 0 aliphatic carbocycles. The average molecular weight is 197 g/mol. The molecule has 1 heterocycles. The first-order chi connectivity index (χ1) is 6.88. The number of nitrogens with one attached hydrogen (secondary N) is 1. The molecule has 0 spiro atoms. The van der Waals surface area contributed by atoms with Crippen molar-refractivity contribution in [1.29, 1.82) is 0 Å². The Labute approximate surface area is 86.9 Å². The molecule has 3 heteroatoms. The van der Waals surface area contributed by atoms with Crippen LogP contribution in [0.1, 0.15) is 32.6 Å². The molecular formula is C11H21N2O. The zero-order valence-electron chi connectivity index (χ0n) is 9.09. The van der Waals surface area contributed by atoms with Crippen LogP contribution in [0.5, 0.6) is 0 Å². The molecule has 0 aromatic heterocycles. The number of nitrogens with zero attached hydrogens (tertiary/aromatic N) is 1. The SMILES string of the molecule is CCCCCN1CCNCC1C[C]=O. The first-order valence-corrected chi connectivity index (χ1v) is 5.68. The van der Waals surface area contributed by atoms with E-state index in [9.17, 15) is 4.79 Å². The molecule has 0 bridgehead atoms. The van der Waals surface area contributed by atoms with Crippen molar-refractivity contribution in [2.75, 3.05) is 26.2 Å². The number of hydrogen-bond donors (Lipinski definition) is 1. The van der Waals surface area contributed by atoms with Crippen molar-refractivity contribution in [2.24, 2.45) is 0 Å². The van der Waals surface area contributed by atoms with Gasteiger partial charge in [0.25, 0.3) is 0 Å². The Balaban J connectivity index is 2.26.